The van der Waals surface area contributed by atoms with E-state index in [0.29, 0.717) is 5.69 Å². The zero-order valence-electron chi connectivity index (χ0n) is 15.2. The van der Waals surface area contributed by atoms with Crippen LogP contribution in [0.1, 0.15) is 6.92 Å². The molecule has 0 unspecified atom stereocenters. The zero-order valence-corrected chi connectivity index (χ0v) is 17.5. The van der Waals surface area contributed by atoms with Gasteiger partial charge in [-0.1, -0.05) is 42.5 Å². The first-order valence-corrected chi connectivity index (χ1v) is 9.67. The molecule has 1 N–H and O–H groups in total. The van der Waals surface area contributed by atoms with Crippen LogP contribution < -0.4 is 0 Å². The van der Waals surface area contributed by atoms with Gasteiger partial charge in [-0.2, -0.15) is 0 Å². The van der Waals surface area contributed by atoms with Crippen LogP contribution in [0.3, 0.4) is 0 Å². The number of carbonyl (C=O) groups is 1. The van der Waals surface area contributed by atoms with E-state index in [1.54, 1.807) is 30.5 Å². The summed E-state index contributed by atoms with van der Waals surface area (Å²) in [6.45, 7) is 1.08. The van der Waals surface area contributed by atoms with Gasteiger partial charge in [-0.15, -0.1) is 5.69 Å². The molecule has 0 aliphatic rings. The Labute approximate surface area is 181 Å². The fraction of sp³-hybridized carbons (Fsp3) is 0.0500. The fourth-order valence-electron chi connectivity index (χ4n) is 2.65. The van der Waals surface area contributed by atoms with E-state index >= 15 is 0 Å². The van der Waals surface area contributed by atoms with Gasteiger partial charge in [0.05, 0.1) is 5.52 Å². The summed E-state index contributed by atoms with van der Waals surface area (Å²) in [6.07, 6.45) is 3.12. The van der Waals surface area contributed by atoms with Gasteiger partial charge in [0.2, 0.25) is 0 Å². The first-order chi connectivity index (χ1) is 13.4. The number of nitrogens with zero attached hydrogens (tertiary/aromatic N) is 3. The van der Waals surface area contributed by atoms with Crippen LogP contribution in [0.2, 0.25) is 0 Å². The molecule has 0 spiro atoms. The SMILES string of the molecule is CC(=O)O.O=S(=O)([N-]c1cccc2ccc3cccnc3c12)c1ccccn1.[Pd]. The van der Waals surface area contributed by atoms with Crippen molar-refractivity contribution in [3.63, 3.8) is 0 Å². The number of carboxylic acid groups (broad SMARTS) is 1. The number of pyridine rings is 2. The predicted molar refractivity (Wildman–Crippen MR) is 107 cm³/mol. The fourth-order valence-corrected chi connectivity index (χ4v) is 3.60. The molecular formula is C20H16N3O4PdS-. The molecule has 4 aromatic rings. The van der Waals surface area contributed by atoms with Gasteiger partial charge in [0.1, 0.15) is 15.0 Å². The van der Waals surface area contributed by atoms with Crippen molar-refractivity contribution in [3.8, 4) is 0 Å². The van der Waals surface area contributed by atoms with Crippen molar-refractivity contribution in [2.75, 3.05) is 0 Å². The van der Waals surface area contributed by atoms with Crippen LogP contribution in [-0.4, -0.2) is 29.5 Å². The Morgan fingerprint density at radius 3 is 2.24 bits per heavy atom. The van der Waals surface area contributed by atoms with Crippen molar-refractivity contribution in [2.45, 2.75) is 11.9 Å². The number of carboxylic acids is 1. The third-order valence-electron chi connectivity index (χ3n) is 3.71. The summed E-state index contributed by atoms with van der Waals surface area (Å²) in [5, 5.41) is 9.88. The predicted octanol–water partition coefficient (Wildman–Crippen LogP) is 4.27. The standard InChI is InChI=1S/C18H12N3O2S.C2H4O2.Pd/c22-24(23,16-8-1-2-11-19-16)21-15-7-3-5-13-9-10-14-6-4-12-20-18(14)17(13)15;1-2(3)4;/h1-12H;1H3,(H,3,4);/q-1;;. The Morgan fingerprint density at radius 2 is 1.55 bits per heavy atom. The van der Waals surface area contributed by atoms with Gasteiger partial charge in [0.15, 0.2) is 0 Å². The summed E-state index contributed by atoms with van der Waals surface area (Å²) >= 11 is 0. The van der Waals surface area contributed by atoms with Crippen LogP contribution in [0.25, 0.3) is 26.4 Å². The normalized spacial score (nSPS) is 10.5. The van der Waals surface area contributed by atoms with Crippen LogP contribution in [0, 0.1) is 0 Å². The van der Waals surface area contributed by atoms with Crippen molar-refractivity contribution in [1.29, 1.82) is 0 Å². The Balaban J connectivity index is 0.000000552. The number of hydrogen-bond acceptors (Lipinski definition) is 5. The van der Waals surface area contributed by atoms with Gasteiger partial charge in [-0.05, 0) is 29.0 Å². The minimum absolute atomic E-state index is 0. The minimum atomic E-state index is -3.89. The molecule has 2 aromatic heterocycles. The van der Waals surface area contributed by atoms with E-state index < -0.39 is 16.0 Å². The van der Waals surface area contributed by atoms with Crippen LogP contribution in [0.4, 0.5) is 5.69 Å². The van der Waals surface area contributed by atoms with E-state index in [2.05, 4.69) is 14.7 Å². The maximum absolute atomic E-state index is 12.5. The van der Waals surface area contributed by atoms with E-state index in [-0.39, 0.29) is 25.4 Å². The number of hydrogen-bond donors (Lipinski definition) is 1. The second-order valence-corrected chi connectivity index (χ2v) is 7.32. The van der Waals surface area contributed by atoms with Crippen molar-refractivity contribution < 1.29 is 38.7 Å². The molecule has 4 rings (SSSR count). The number of rotatable bonds is 3. The van der Waals surface area contributed by atoms with Crippen LogP contribution >= 0.6 is 0 Å². The molecule has 0 atom stereocenters. The molecule has 29 heavy (non-hydrogen) atoms. The molecule has 0 saturated heterocycles. The van der Waals surface area contributed by atoms with Gasteiger partial charge in [0, 0.05) is 45.1 Å². The number of aliphatic carboxylic acids is 1. The Hall–Kier alpha value is -2.86. The van der Waals surface area contributed by atoms with E-state index in [0.717, 1.165) is 28.6 Å². The molecule has 0 radical (unpaired) electrons. The number of fused-ring (bicyclic) bond motifs is 3. The molecule has 2 heterocycles. The summed E-state index contributed by atoms with van der Waals surface area (Å²) in [6, 6.07) is 17.8. The summed E-state index contributed by atoms with van der Waals surface area (Å²) in [4.78, 5) is 17.3. The molecule has 0 bridgehead atoms. The second kappa shape index (κ2) is 9.56. The monoisotopic (exact) mass is 500 g/mol. The quantitative estimate of drug-likeness (QED) is 0.332. The van der Waals surface area contributed by atoms with Gasteiger partial charge in [-0.25, -0.2) is 13.4 Å². The van der Waals surface area contributed by atoms with E-state index in [1.165, 1.54) is 12.3 Å². The Kier molecular flexibility index (Phi) is 7.40. The average molecular weight is 501 g/mol. The summed E-state index contributed by atoms with van der Waals surface area (Å²) < 4.78 is 29.1. The summed E-state index contributed by atoms with van der Waals surface area (Å²) in [7, 11) is -3.89. The molecule has 0 aliphatic heterocycles. The zero-order chi connectivity index (χ0) is 20.1. The number of benzene rings is 2. The number of aromatic nitrogens is 2. The van der Waals surface area contributed by atoms with Gasteiger partial charge >= 0.3 is 0 Å². The third kappa shape index (κ3) is 5.36. The molecule has 7 nitrogen and oxygen atoms in total. The first kappa shape index (κ1) is 22.4. The third-order valence-corrected chi connectivity index (χ3v) is 4.92. The van der Waals surface area contributed by atoms with Crippen LogP contribution in [0.15, 0.2) is 78.1 Å². The van der Waals surface area contributed by atoms with E-state index in [1.807, 2.05) is 30.3 Å². The van der Waals surface area contributed by atoms with Crippen LogP contribution in [-0.2, 0) is 35.2 Å². The van der Waals surface area contributed by atoms with Crippen LogP contribution in [0.5, 0.6) is 0 Å². The second-order valence-electron chi connectivity index (χ2n) is 5.77. The smallest absolute Gasteiger partial charge is 0.300 e. The molecule has 0 saturated carbocycles. The Bertz CT molecular complexity index is 1240. The van der Waals surface area contributed by atoms with Crippen molar-refractivity contribution in [3.05, 3.63) is 77.8 Å². The van der Waals surface area contributed by atoms with Crippen molar-refractivity contribution >= 4 is 43.4 Å². The van der Waals surface area contributed by atoms with Crippen molar-refractivity contribution in [1.82, 2.24) is 9.97 Å². The minimum Gasteiger partial charge on any atom is -0.571 e. The van der Waals surface area contributed by atoms with Gasteiger partial charge in [0.25, 0.3) is 5.97 Å². The molecule has 0 amide bonds. The molecule has 9 heteroatoms. The maximum atomic E-state index is 12.5. The maximum Gasteiger partial charge on any atom is 0.300 e. The van der Waals surface area contributed by atoms with Gasteiger partial charge < -0.3 is 9.83 Å². The molecule has 0 aliphatic carbocycles. The Morgan fingerprint density at radius 1 is 0.897 bits per heavy atom. The topological polar surface area (TPSA) is 111 Å². The van der Waals surface area contributed by atoms with Crippen molar-refractivity contribution in [2.24, 2.45) is 0 Å². The summed E-state index contributed by atoms with van der Waals surface area (Å²) in [5.74, 6) is -0.833. The number of sulfonamides is 1. The molecular weight excluding hydrogens is 485 g/mol. The van der Waals surface area contributed by atoms with E-state index in [4.69, 9.17) is 9.90 Å². The largest absolute Gasteiger partial charge is 0.571 e. The van der Waals surface area contributed by atoms with E-state index in [9.17, 15) is 8.42 Å². The average Bonchev–Trinajstić information content (AvgIpc) is 2.68. The van der Waals surface area contributed by atoms with Gasteiger partial charge in [-0.3, -0.25) is 9.78 Å². The first-order valence-electron chi connectivity index (χ1n) is 8.23. The molecule has 152 valence electrons. The molecule has 2 aromatic carbocycles. The molecule has 0 fully saturated rings. The summed E-state index contributed by atoms with van der Waals surface area (Å²) in [5.41, 5.74) is 1.09.